The topological polar surface area (TPSA) is 0 Å². The number of rotatable bonds is 2. The molecule has 2 rings (SSSR count). The quantitative estimate of drug-likeness (QED) is 0.599. The fourth-order valence-corrected chi connectivity index (χ4v) is 1.81. The predicted molar refractivity (Wildman–Crippen MR) is 88.6 cm³/mol. The summed E-state index contributed by atoms with van der Waals surface area (Å²) >= 11 is 6.55. The van der Waals surface area contributed by atoms with E-state index in [9.17, 15) is 0 Å². The third-order valence-corrected chi connectivity index (χ3v) is 2.95. The highest BCUT2D eigenvalue weighted by molar-refractivity contribution is 9.11. The van der Waals surface area contributed by atoms with Gasteiger partial charge in [-0.05, 0) is 34.3 Å². The summed E-state index contributed by atoms with van der Waals surface area (Å²) in [6, 6.07) is 18.2. The van der Waals surface area contributed by atoms with Crippen LogP contribution in [0.4, 0.5) is 0 Å². The SMILES string of the molecule is Br/C=C/c1ccccc1.C=Cc1ccc(Br)cc1. The molecule has 2 aromatic rings. The third kappa shape index (κ3) is 5.99. The van der Waals surface area contributed by atoms with E-state index in [1.165, 1.54) is 5.56 Å². The fourth-order valence-electron chi connectivity index (χ4n) is 1.24. The van der Waals surface area contributed by atoms with Crippen molar-refractivity contribution in [2.75, 3.05) is 0 Å². The Morgan fingerprint density at radius 3 is 1.94 bits per heavy atom. The van der Waals surface area contributed by atoms with Crippen LogP contribution in [0.1, 0.15) is 11.1 Å². The van der Waals surface area contributed by atoms with Crippen molar-refractivity contribution in [1.82, 2.24) is 0 Å². The molecule has 0 fully saturated rings. The molecular weight excluding hydrogens is 352 g/mol. The summed E-state index contributed by atoms with van der Waals surface area (Å²) in [5.41, 5.74) is 2.37. The average Bonchev–Trinajstić information content (AvgIpc) is 2.42. The second-order valence-electron chi connectivity index (χ2n) is 3.46. The van der Waals surface area contributed by atoms with E-state index in [0.717, 1.165) is 10.0 Å². The van der Waals surface area contributed by atoms with Crippen molar-refractivity contribution in [2.45, 2.75) is 0 Å². The zero-order valence-corrected chi connectivity index (χ0v) is 13.1. The fraction of sp³-hybridized carbons (Fsp3) is 0. The van der Waals surface area contributed by atoms with Crippen LogP contribution >= 0.6 is 31.9 Å². The first-order chi connectivity index (χ1) is 8.76. The Balaban J connectivity index is 0.000000180. The maximum atomic E-state index is 3.65. The number of hydrogen-bond acceptors (Lipinski definition) is 0. The van der Waals surface area contributed by atoms with Crippen molar-refractivity contribution in [1.29, 1.82) is 0 Å². The van der Waals surface area contributed by atoms with Gasteiger partial charge in [-0.1, -0.05) is 87.0 Å². The molecule has 0 atom stereocenters. The van der Waals surface area contributed by atoms with Gasteiger partial charge >= 0.3 is 0 Å². The Morgan fingerprint density at radius 2 is 1.44 bits per heavy atom. The Bertz CT molecular complexity index is 484. The largest absolute Gasteiger partial charge is 0.0985 e. The highest BCUT2D eigenvalue weighted by atomic mass is 79.9. The van der Waals surface area contributed by atoms with Gasteiger partial charge in [0.15, 0.2) is 0 Å². The van der Waals surface area contributed by atoms with Crippen LogP contribution in [0.25, 0.3) is 12.2 Å². The van der Waals surface area contributed by atoms with E-state index in [0.29, 0.717) is 0 Å². The van der Waals surface area contributed by atoms with Crippen LogP contribution in [0.5, 0.6) is 0 Å². The van der Waals surface area contributed by atoms with Crippen LogP contribution in [0.3, 0.4) is 0 Å². The highest BCUT2D eigenvalue weighted by Crippen LogP contribution is 2.10. The van der Waals surface area contributed by atoms with Crippen LogP contribution in [0.15, 0.2) is 70.6 Å². The van der Waals surface area contributed by atoms with Gasteiger partial charge in [0.1, 0.15) is 0 Å². The van der Waals surface area contributed by atoms with Gasteiger partial charge in [0.05, 0.1) is 0 Å². The first-order valence-corrected chi connectivity index (χ1v) is 7.17. The standard InChI is InChI=1S/2C8H7Br/c1-2-7-3-5-8(9)6-4-7;9-7-6-8-4-2-1-3-5-8/h2-6H,1H2;1-7H/b;7-6+. The summed E-state index contributed by atoms with van der Waals surface area (Å²) in [6.07, 6.45) is 3.83. The lowest BCUT2D eigenvalue weighted by Gasteiger charge is -1.90. The molecule has 0 unspecified atom stereocenters. The minimum atomic E-state index is 1.10. The predicted octanol–water partition coefficient (Wildman–Crippen LogP) is 6.14. The number of hydrogen-bond donors (Lipinski definition) is 0. The molecule has 92 valence electrons. The van der Waals surface area contributed by atoms with E-state index in [1.54, 1.807) is 0 Å². The minimum absolute atomic E-state index is 1.10. The molecule has 0 amide bonds. The molecule has 2 heteroatoms. The molecule has 0 radical (unpaired) electrons. The zero-order chi connectivity index (χ0) is 13.2. The Hall–Kier alpha value is -1.12. The molecule has 2 aromatic carbocycles. The summed E-state index contributed by atoms with van der Waals surface area (Å²) in [5, 5.41) is 0. The second kappa shape index (κ2) is 8.90. The van der Waals surface area contributed by atoms with Crippen LogP contribution in [0, 0.1) is 0 Å². The molecule has 18 heavy (non-hydrogen) atoms. The second-order valence-corrected chi connectivity index (χ2v) is 4.90. The molecule has 0 aromatic heterocycles. The monoisotopic (exact) mass is 364 g/mol. The summed E-state index contributed by atoms with van der Waals surface area (Å²) < 4.78 is 1.10. The molecular formula is C16H14Br2. The van der Waals surface area contributed by atoms with E-state index in [-0.39, 0.29) is 0 Å². The molecule has 0 saturated heterocycles. The van der Waals surface area contributed by atoms with Crippen LogP contribution in [0.2, 0.25) is 0 Å². The summed E-state index contributed by atoms with van der Waals surface area (Å²) in [7, 11) is 0. The van der Waals surface area contributed by atoms with Gasteiger partial charge in [-0.2, -0.15) is 0 Å². The molecule has 0 aliphatic heterocycles. The van der Waals surface area contributed by atoms with Crippen LogP contribution in [-0.4, -0.2) is 0 Å². The van der Waals surface area contributed by atoms with E-state index in [4.69, 9.17) is 0 Å². The molecule has 0 N–H and O–H groups in total. The van der Waals surface area contributed by atoms with E-state index in [2.05, 4.69) is 50.6 Å². The number of halogens is 2. The normalized spacial score (nSPS) is 9.67. The van der Waals surface area contributed by atoms with Crippen molar-refractivity contribution in [3.8, 4) is 0 Å². The first kappa shape index (κ1) is 14.9. The molecule has 0 saturated carbocycles. The summed E-state index contributed by atoms with van der Waals surface area (Å²) in [6.45, 7) is 3.65. The van der Waals surface area contributed by atoms with Gasteiger partial charge < -0.3 is 0 Å². The van der Waals surface area contributed by atoms with Gasteiger partial charge in [0.2, 0.25) is 0 Å². The van der Waals surface area contributed by atoms with Crippen molar-refractivity contribution in [3.63, 3.8) is 0 Å². The van der Waals surface area contributed by atoms with Crippen molar-refractivity contribution < 1.29 is 0 Å². The lowest BCUT2D eigenvalue weighted by Crippen LogP contribution is -1.67. The average molecular weight is 366 g/mol. The molecule has 0 aliphatic carbocycles. The molecule has 0 heterocycles. The molecule has 0 aliphatic rings. The Morgan fingerprint density at radius 1 is 0.833 bits per heavy atom. The van der Waals surface area contributed by atoms with Crippen molar-refractivity contribution in [3.05, 3.63) is 81.8 Å². The van der Waals surface area contributed by atoms with Crippen LogP contribution in [-0.2, 0) is 0 Å². The first-order valence-electron chi connectivity index (χ1n) is 5.46. The maximum absolute atomic E-state index is 3.65. The molecule has 0 bridgehead atoms. The smallest absolute Gasteiger partial charge is 0.0175 e. The lowest BCUT2D eigenvalue weighted by atomic mass is 10.2. The molecule has 0 spiro atoms. The minimum Gasteiger partial charge on any atom is -0.0985 e. The van der Waals surface area contributed by atoms with Crippen LogP contribution < -0.4 is 0 Å². The Labute approximate surface area is 125 Å². The maximum Gasteiger partial charge on any atom is 0.0175 e. The van der Waals surface area contributed by atoms with E-state index in [1.807, 2.05) is 59.6 Å². The van der Waals surface area contributed by atoms with Gasteiger partial charge in [-0.15, -0.1) is 0 Å². The third-order valence-electron chi connectivity index (χ3n) is 2.16. The van der Waals surface area contributed by atoms with Gasteiger partial charge in [-0.25, -0.2) is 0 Å². The van der Waals surface area contributed by atoms with Gasteiger partial charge in [0.25, 0.3) is 0 Å². The van der Waals surface area contributed by atoms with E-state index < -0.39 is 0 Å². The molecule has 0 nitrogen and oxygen atoms in total. The highest BCUT2D eigenvalue weighted by Gasteiger charge is 1.83. The van der Waals surface area contributed by atoms with E-state index >= 15 is 0 Å². The van der Waals surface area contributed by atoms with Gasteiger partial charge in [-0.3, -0.25) is 0 Å². The summed E-state index contributed by atoms with van der Waals surface area (Å²) in [5.74, 6) is 0. The lowest BCUT2D eigenvalue weighted by molar-refractivity contribution is 1.62. The van der Waals surface area contributed by atoms with Crippen molar-refractivity contribution in [2.24, 2.45) is 0 Å². The van der Waals surface area contributed by atoms with Gasteiger partial charge in [0, 0.05) is 4.47 Å². The number of benzene rings is 2. The zero-order valence-electron chi connectivity index (χ0n) is 9.89. The summed E-state index contributed by atoms with van der Waals surface area (Å²) in [4.78, 5) is 1.85. The Kier molecular flexibility index (Phi) is 7.38. The van der Waals surface area contributed by atoms with Crippen molar-refractivity contribution >= 4 is 44.0 Å².